The zero-order valence-electron chi connectivity index (χ0n) is 9.03. The lowest BCUT2D eigenvalue weighted by Gasteiger charge is -2.14. The van der Waals surface area contributed by atoms with Crippen LogP contribution in [0.1, 0.15) is 12.5 Å². The molecule has 88 valence electrons. The van der Waals surface area contributed by atoms with Crippen LogP contribution in [-0.4, -0.2) is 30.4 Å². The Morgan fingerprint density at radius 2 is 2.25 bits per heavy atom. The predicted octanol–water partition coefficient (Wildman–Crippen LogP) is 2.03. The highest BCUT2D eigenvalue weighted by Crippen LogP contribution is 2.21. The summed E-state index contributed by atoms with van der Waals surface area (Å²) >= 11 is 4.88. The fraction of sp³-hybridized carbons (Fsp3) is 0.400. The lowest BCUT2D eigenvalue weighted by molar-refractivity contribution is -0.159. The van der Waals surface area contributed by atoms with Crippen LogP contribution in [0, 0.1) is 0 Å². The predicted molar refractivity (Wildman–Crippen MR) is 65.1 cm³/mol. The Morgan fingerprint density at radius 1 is 1.56 bits per heavy atom. The van der Waals surface area contributed by atoms with Crippen molar-refractivity contribution in [1.82, 2.24) is 4.90 Å². The summed E-state index contributed by atoms with van der Waals surface area (Å²) in [4.78, 5) is 24.0. The number of halogens is 1. The fourth-order valence-electron chi connectivity index (χ4n) is 1.12. The van der Waals surface area contributed by atoms with Gasteiger partial charge in [0, 0.05) is 13.6 Å². The minimum atomic E-state index is -0.806. The van der Waals surface area contributed by atoms with E-state index in [1.807, 2.05) is 11.4 Å². The van der Waals surface area contributed by atoms with Gasteiger partial charge in [-0.3, -0.25) is 4.79 Å². The summed E-state index contributed by atoms with van der Waals surface area (Å²) in [7, 11) is 1.57. The first-order valence-electron chi connectivity index (χ1n) is 4.69. The molecule has 0 aliphatic heterocycles. The third-order valence-corrected chi connectivity index (χ3v) is 3.39. The molecule has 0 radical (unpaired) electrons. The van der Waals surface area contributed by atoms with Gasteiger partial charge < -0.3 is 9.64 Å². The molecule has 1 aromatic rings. The van der Waals surface area contributed by atoms with E-state index in [1.54, 1.807) is 14.0 Å². The molecule has 0 aliphatic carbocycles. The van der Waals surface area contributed by atoms with Crippen molar-refractivity contribution >= 4 is 39.1 Å². The molecule has 0 saturated heterocycles. The molecule has 1 aromatic heterocycles. The van der Waals surface area contributed by atoms with Crippen LogP contribution in [0.5, 0.6) is 0 Å². The summed E-state index contributed by atoms with van der Waals surface area (Å²) in [5.41, 5.74) is 0.983. The number of rotatable bonds is 3. The first-order chi connectivity index (χ1) is 7.54. The zero-order valence-corrected chi connectivity index (χ0v) is 11.4. The Labute approximate surface area is 106 Å². The van der Waals surface area contributed by atoms with Gasteiger partial charge in [-0.2, -0.15) is 0 Å². The van der Waals surface area contributed by atoms with E-state index in [0.717, 1.165) is 9.35 Å². The monoisotopic (exact) mass is 305 g/mol. The molecule has 0 aliphatic rings. The molecule has 0 bridgehead atoms. The quantitative estimate of drug-likeness (QED) is 0.634. The number of carbonyl (C=O) groups excluding carboxylic acids is 2. The topological polar surface area (TPSA) is 46.6 Å². The highest BCUT2D eigenvalue weighted by Gasteiger charge is 2.19. The second-order valence-corrected chi connectivity index (χ2v) is 5.43. The maximum absolute atomic E-state index is 11.5. The SMILES string of the molecule is CCOC(=O)C(=O)N(C)Cc1csc(Br)c1. The van der Waals surface area contributed by atoms with Gasteiger partial charge in [-0.25, -0.2) is 4.79 Å². The minimum absolute atomic E-state index is 0.211. The summed E-state index contributed by atoms with van der Waals surface area (Å²) in [6.07, 6.45) is 0. The zero-order chi connectivity index (χ0) is 12.1. The van der Waals surface area contributed by atoms with Crippen molar-refractivity contribution in [2.24, 2.45) is 0 Å². The molecule has 1 rings (SSSR count). The number of hydrogen-bond acceptors (Lipinski definition) is 4. The minimum Gasteiger partial charge on any atom is -0.459 e. The second-order valence-electron chi connectivity index (χ2n) is 3.14. The molecule has 0 saturated carbocycles. The van der Waals surface area contributed by atoms with Crippen LogP contribution >= 0.6 is 27.3 Å². The molecule has 0 fully saturated rings. The standard InChI is InChI=1S/C10H12BrNO3S/c1-3-15-10(14)9(13)12(2)5-7-4-8(11)16-6-7/h4,6H,3,5H2,1-2H3. The van der Waals surface area contributed by atoms with Gasteiger partial charge in [0.15, 0.2) is 0 Å². The smallest absolute Gasteiger partial charge is 0.397 e. The van der Waals surface area contributed by atoms with Crippen molar-refractivity contribution in [3.63, 3.8) is 0 Å². The van der Waals surface area contributed by atoms with Crippen molar-refractivity contribution in [3.8, 4) is 0 Å². The summed E-state index contributed by atoms with van der Waals surface area (Å²) < 4.78 is 5.63. The summed E-state index contributed by atoms with van der Waals surface area (Å²) in [6, 6.07) is 1.92. The first kappa shape index (κ1) is 13.2. The van der Waals surface area contributed by atoms with Gasteiger partial charge in [0.05, 0.1) is 10.4 Å². The van der Waals surface area contributed by atoms with Crippen LogP contribution in [-0.2, 0) is 20.9 Å². The van der Waals surface area contributed by atoms with Crippen LogP contribution in [0.2, 0.25) is 0 Å². The molecule has 6 heteroatoms. The Balaban J connectivity index is 2.55. The number of amides is 1. The molecular formula is C10H12BrNO3S. The number of hydrogen-bond donors (Lipinski definition) is 0. The van der Waals surface area contributed by atoms with E-state index in [4.69, 9.17) is 0 Å². The van der Waals surface area contributed by atoms with Crippen LogP contribution in [0.4, 0.5) is 0 Å². The van der Waals surface area contributed by atoms with Crippen molar-refractivity contribution in [1.29, 1.82) is 0 Å². The molecule has 4 nitrogen and oxygen atoms in total. The molecule has 0 N–H and O–H groups in total. The van der Waals surface area contributed by atoms with Gasteiger partial charge >= 0.3 is 11.9 Å². The van der Waals surface area contributed by atoms with E-state index >= 15 is 0 Å². The molecule has 0 aromatic carbocycles. The molecule has 0 atom stereocenters. The third-order valence-electron chi connectivity index (χ3n) is 1.84. The number of nitrogens with zero attached hydrogens (tertiary/aromatic N) is 1. The van der Waals surface area contributed by atoms with Crippen molar-refractivity contribution < 1.29 is 14.3 Å². The highest BCUT2D eigenvalue weighted by molar-refractivity contribution is 9.11. The summed E-state index contributed by atoms with van der Waals surface area (Å²) in [5, 5.41) is 1.93. The van der Waals surface area contributed by atoms with Gasteiger partial charge in [-0.15, -0.1) is 11.3 Å². The maximum Gasteiger partial charge on any atom is 0.397 e. The van der Waals surface area contributed by atoms with Crippen LogP contribution < -0.4 is 0 Å². The fourth-order valence-corrected chi connectivity index (χ4v) is 2.32. The Bertz CT molecular complexity index is 391. The normalized spacial score (nSPS) is 9.94. The molecule has 16 heavy (non-hydrogen) atoms. The van der Waals surface area contributed by atoms with E-state index in [1.165, 1.54) is 16.2 Å². The van der Waals surface area contributed by atoms with Crippen LogP contribution in [0.25, 0.3) is 0 Å². The average molecular weight is 306 g/mol. The number of ether oxygens (including phenoxy) is 1. The summed E-state index contributed by atoms with van der Waals surface area (Å²) in [5.74, 6) is -1.43. The Kier molecular flexibility index (Phi) is 4.95. The van der Waals surface area contributed by atoms with Crippen molar-refractivity contribution in [2.45, 2.75) is 13.5 Å². The lowest BCUT2D eigenvalue weighted by atomic mass is 10.3. The molecule has 0 spiro atoms. The number of esters is 1. The molecule has 1 amide bonds. The Morgan fingerprint density at radius 3 is 2.75 bits per heavy atom. The van der Waals surface area contributed by atoms with E-state index in [2.05, 4.69) is 20.7 Å². The maximum atomic E-state index is 11.5. The number of thiophene rings is 1. The third kappa shape index (κ3) is 3.61. The van der Waals surface area contributed by atoms with Crippen molar-refractivity contribution in [2.75, 3.05) is 13.7 Å². The van der Waals surface area contributed by atoms with Crippen LogP contribution in [0.15, 0.2) is 15.2 Å². The van der Waals surface area contributed by atoms with Gasteiger partial charge in [-0.05, 0) is 39.9 Å². The van der Waals surface area contributed by atoms with E-state index < -0.39 is 11.9 Å². The van der Waals surface area contributed by atoms with Crippen molar-refractivity contribution in [3.05, 3.63) is 20.8 Å². The largest absolute Gasteiger partial charge is 0.459 e. The lowest BCUT2D eigenvalue weighted by Crippen LogP contribution is -2.34. The van der Waals surface area contributed by atoms with Gasteiger partial charge in [0.1, 0.15) is 0 Å². The summed E-state index contributed by atoms with van der Waals surface area (Å²) in [6.45, 7) is 2.28. The molecule has 0 unspecified atom stereocenters. The number of carbonyl (C=O) groups is 2. The number of likely N-dealkylation sites (N-methyl/N-ethyl adjacent to an activating group) is 1. The first-order valence-corrected chi connectivity index (χ1v) is 6.37. The molecular weight excluding hydrogens is 294 g/mol. The average Bonchev–Trinajstić information content (AvgIpc) is 2.63. The highest BCUT2D eigenvalue weighted by atomic mass is 79.9. The van der Waals surface area contributed by atoms with Gasteiger partial charge in [0.25, 0.3) is 0 Å². The molecule has 1 heterocycles. The van der Waals surface area contributed by atoms with E-state index in [0.29, 0.717) is 6.54 Å². The van der Waals surface area contributed by atoms with E-state index in [9.17, 15) is 9.59 Å². The van der Waals surface area contributed by atoms with Gasteiger partial charge in [0.2, 0.25) is 0 Å². The second kappa shape index (κ2) is 6.00. The van der Waals surface area contributed by atoms with Gasteiger partial charge in [-0.1, -0.05) is 0 Å². The van der Waals surface area contributed by atoms with Crippen LogP contribution in [0.3, 0.4) is 0 Å². The Hall–Kier alpha value is -0.880. The van der Waals surface area contributed by atoms with E-state index in [-0.39, 0.29) is 6.61 Å².